The summed E-state index contributed by atoms with van der Waals surface area (Å²) in [7, 11) is 0. The first-order chi connectivity index (χ1) is 9.14. The standard InChI is InChI=1S/C16H32N2O/c1-4-9-17-15(8-7-14-5-6-14)16(2,3)18-10-12-19-13-11-18/h14-15,17H,4-13H2,1-3H3. The van der Waals surface area contributed by atoms with Crippen molar-refractivity contribution in [2.45, 2.75) is 64.5 Å². The zero-order valence-corrected chi connectivity index (χ0v) is 13.1. The van der Waals surface area contributed by atoms with E-state index in [4.69, 9.17) is 4.74 Å². The van der Waals surface area contributed by atoms with Gasteiger partial charge in [-0.3, -0.25) is 4.90 Å². The van der Waals surface area contributed by atoms with E-state index in [2.05, 4.69) is 31.0 Å². The maximum absolute atomic E-state index is 5.50. The molecule has 0 bridgehead atoms. The quantitative estimate of drug-likeness (QED) is 0.732. The predicted octanol–water partition coefficient (Wildman–Crippen LogP) is 2.66. The van der Waals surface area contributed by atoms with Gasteiger partial charge in [-0.15, -0.1) is 0 Å². The lowest BCUT2D eigenvalue weighted by atomic mass is 9.87. The zero-order valence-electron chi connectivity index (χ0n) is 13.1. The van der Waals surface area contributed by atoms with Gasteiger partial charge in [-0.25, -0.2) is 0 Å². The van der Waals surface area contributed by atoms with Gasteiger partial charge in [0.05, 0.1) is 13.2 Å². The Morgan fingerprint density at radius 2 is 1.95 bits per heavy atom. The molecular formula is C16H32N2O. The molecule has 1 saturated heterocycles. The van der Waals surface area contributed by atoms with E-state index in [0.29, 0.717) is 6.04 Å². The van der Waals surface area contributed by atoms with Gasteiger partial charge in [0.2, 0.25) is 0 Å². The van der Waals surface area contributed by atoms with Gasteiger partial charge in [-0.2, -0.15) is 0 Å². The van der Waals surface area contributed by atoms with Crippen LogP contribution < -0.4 is 5.32 Å². The van der Waals surface area contributed by atoms with Crippen molar-refractivity contribution in [1.29, 1.82) is 0 Å². The van der Waals surface area contributed by atoms with Gasteiger partial charge in [-0.05, 0) is 45.6 Å². The van der Waals surface area contributed by atoms with E-state index < -0.39 is 0 Å². The van der Waals surface area contributed by atoms with Crippen molar-refractivity contribution in [2.24, 2.45) is 5.92 Å². The highest BCUT2D eigenvalue weighted by atomic mass is 16.5. The van der Waals surface area contributed by atoms with Crippen LogP contribution in [-0.4, -0.2) is 49.3 Å². The van der Waals surface area contributed by atoms with Crippen molar-refractivity contribution in [3.8, 4) is 0 Å². The summed E-state index contributed by atoms with van der Waals surface area (Å²) in [5.74, 6) is 1.03. The summed E-state index contributed by atoms with van der Waals surface area (Å²) in [5.41, 5.74) is 0.244. The van der Waals surface area contributed by atoms with Crippen molar-refractivity contribution >= 4 is 0 Å². The van der Waals surface area contributed by atoms with Gasteiger partial charge in [0.25, 0.3) is 0 Å². The van der Waals surface area contributed by atoms with Gasteiger partial charge in [0.15, 0.2) is 0 Å². The smallest absolute Gasteiger partial charge is 0.0594 e. The van der Waals surface area contributed by atoms with Gasteiger partial charge >= 0.3 is 0 Å². The number of nitrogens with one attached hydrogen (secondary N) is 1. The summed E-state index contributed by atoms with van der Waals surface area (Å²) in [5, 5.41) is 3.81. The largest absolute Gasteiger partial charge is 0.379 e. The van der Waals surface area contributed by atoms with E-state index >= 15 is 0 Å². The molecule has 2 fully saturated rings. The first-order valence-electron chi connectivity index (χ1n) is 8.20. The van der Waals surface area contributed by atoms with E-state index in [-0.39, 0.29) is 5.54 Å². The van der Waals surface area contributed by atoms with Crippen molar-refractivity contribution in [2.75, 3.05) is 32.8 Å². The third-order valence-electron chi connectivity index (χ3n) is 4.88. The van der Waals surface area contributed by atoms with Crippen LogP contribution in [-0.2, 0) is 4.74 Å². The first-order valence-corrected chi connectivity index (χ1v) is 8.20. The fraction of sp³-hybridized carbons (Fsp3) is 1.00. The Morgan fingerprint density at radius 1 is 1.26 bits per heavy atom. The molecule has 112 valence electrons. The normalized spacial score (nSPS) is 23.5. The molecule has 0 aromatic heterocycles. The molecule has 1 saturated carbocycles. The van der Waals surface area contributed by atoms with Crippen LogP contribution in [0.3, 0.4) is 0 Å². The summed E-state index contributed by atoms with van der Waals surface area (Å²) in [4.78, 5) is 2.62. The van der Waals surface area contributed by atoms with E-state index in [1.807, 2.05) is 0 Å². The van der Waals surface area contributed by atoms with E-state index in [9.17, 15) is 0 Å². The molecule has 0 aromatic carbocycles. The lowest BCUT2D eigenvalue weighted by molar-refractivity contribution is -0.0247. The van der Waals surface area contributed by atoms with Gasteiger partial charge < -0.3 is 10.1 Å². The highest BCUT2D eigenvalue weighted by Gasteiger charge is 2.36. The maximum Gasteiger partial charge on any atom is 0.0594 e. The number of nitrogens with zero attached hydrogens (tertiary/aromatic N) is 1. The minimum atomic E-state index is 0.244. The number of ether oxygens (including phenoxy) is 1. The molecule has 0 spiro atoms. The predicted molar refractivity (Wildman–Crippen MR) is 80.5 cm³/mol. The second kappa shape index (κ2) is 7.05. The van der Waals surface area contributed by atoms with Crippen LogP contribution >= 0.6 is 0 Å². The summed E-state index contributed by atoms with van der Waals surface area (Å²) < 4.78 is 5.50. The van der Waals surface area contributed by atoms with Crippen LogP contribution in [0.15, 0.2) is 0 Å². The molecule has 19 heavy (non-hydrogen) atoms. The molecule has 1 aliphatic heterocycles. The molecule has 0 amide bonds. The summed E-state index contributed by atoms with van der Waals surface area (Å²) in [6.45, 7) is 12.2. The molecule has 1 heterocycles. The summed E-state index contributed by atoms with van der Waals surface area (Å²) in [6, 6.07) is 0.617. The molecule has 1 atom stereocenters. The van der Waals surface area contributed by atoms with Crippen molar-refractivity contribution in [3.63, 3.8) is 0 Å². The molecule has 1 aliphatic carbocycles. The summed E-state index contributed by atoms with van der Waals surface area (Å²) >= 11 is 0. The van der Waals surface area contributed by atoms with Gasteiger partial charge in [0.1, 0.15) is 0 Å². The molecule has 2 aliphatic rings. The Kier molecular flexibility index (Phi) is 5.67. The fourth-order valence-electron chi connectivity index (χ4n) is 3.19. The third kappa shape index (κ3) is 4.44. The van der Waals surface area contributed by atoms with Gasteiger partial charge in [0, 0.05) is 24.7 Å². The Bertz CT molecular complexity index is 257. The second-order valence-electron chi connectivity index (χ2n) is 6.78. The van der Waals surface area contributed by atoms with Crippen molar-refractivity contribution < 1.29 is 4.74 Å². The number of hydrogen-bond donors (Lipinski definition) is 1. The Labute approximate surface area is 119 Å². The second-order valence-corrected chi connectivity index (χ2v) is 6.78. The van der Waals surface area contributed by atoms with Crippen LogP contribution in [0, 0.1) is 5.92 Å². The fourth-order valence-corrected chi connectivity index (χ4v) is 3.19. The molecule has 0 aromatic rings. The van der Waals surface area contributed by atoms with E-state index in [1.54, 1.807) is 0 Å². The average molecular weight is 268 g/mol. The van der Waals surface area contributed by atoms with Crippen LogP contribution in [0.4, 0.5) is 0 Å². The van der Waals surface area contributed by atoms with Crippen molar-refractivity contribution in [3.05, 3.63) is 0 Å². The molecule has 3 nitrogen and oxygen atoms in total. The van der Waals surface area contributed by atoms with Crippen LogP contribution in [0.2, 0.25) is 0 Å². The van der Waals surface area contributed by atoms with Crippen LogP contribution in [0.25, 0.3) is 0 Å². The maximum atomic E-state index is 5.50. The molecular weight excluding hydrogens is 236 g/mol. The van der Waals surface area contributed by atoms with Gasteiger partial charge in [-0.1, -0.05) is 19.8 Å². The third-order valence-corrected chi connectivity index (χ3v) is 4.88. The minimum absolute atomic E-state index is 0.244. The number of rotatable bonds is 8. The number of morpholine rings is 1. The van der Waals surface area contributed by atoms with Crippen LogP contribution in [0.5, 0.6) is 0 Å². The van der Waals surface area contributed by atoms with E-state index in [0.717, 1.165) is 38.8 Å². The summed E-state index contributed by atoms with van der Waals surface area (Å²) in [6.07, 6.45) is 6.90. The SMILES string of the molecule is CCCNC(CCC1CC1)C(C)(C)N1CCOCC1. The Balaban J connectivity index is 1.91. The Morgan fingerprint density at radius 3 is 2.53 bits per heavy atom. The molecule has 1 unspecified atom stereocenters. The molecule has 2 rings (SSSR count). The van der Waals surface area contributed by atoms with Crippen molar-refractivity contribution in [1.82, 2.24) is 10.2 Å². The molecule has 3 heteroatoms. The number of hydrogen-bond acceptors (Lipinski definition) is 3. The molecule has 1 N–H and O–H groups in total. The highest BCUT2D eigenvalue weighted by molar-refractivity contribution is 4.95. The monoisotopic (exact) mass is 268 g/mol. The molecule has 0 radical (unpaired) electrons. The Hall–Kier alpha value is -0.120. The lowest BCUT2D eigenvalue weighted by Gasteiger charge is -2.46. The van der Waals surface area contributed by atoms with E-state index in [1.165, 1.54) is 32.1 Å². The first kappa shape index (κ1) is 15.3. The van der Waals surface area contributed by atoms with Crippen LogP contribution in [0.1, 0.15) is 52.9 Å². The zero-order chi connectivity index (χ0) is 13.7. The topological polar surface area (TPSA) is 24.5 Å². The minimum Gasteiger partial charge on any atom is -0.379 e. The lowest BCUT2D eigenvalue weighted by Crippen LogP contribution is -2.60. The average Bonchev–Trinajstić information content (AvgIpc) is 3.23. The highest BCUT2D eigenvalue weighted by Crippen LogP contribution is 2.35.